The number of nitrogens with one attached hydrogen (secondary N) is 1. The molecule has 2 saturated heterocycles. The molecule has 2 aliphatic heterocycles. The van der Waals surface area contributed by atoms with Crippen molar-refractivity contribution < 1.29 is 14.0 Å². The highest BCUT2D eigenvalue weighted by molar-refractivity contribution is 5.92. The summed E-state index contributed by atoms with van der Waals surface area (Å²) in [5.74, 6) is -0.580. The number of piperazine rings is 1. The summed E-state index contributed by atoms with van der Waals surface area (Å²) in [6.45, 7) is 3.72. The monoisotopic (exact) mass is 435 g/mol. The first-order valence-electron chi connectivity index (χ1n) is 10.2. The van der Waals surface area contributed by atoms with E-state index >= 15 is 0 Å². The molecule has 4 rings (SSSR count). The second-order valence-corrected chi connectivity index (χ2v) is 7.62. The Morgan fingerprint density at radius 3 is 2.53 bits per heavy atom. The first kappa shape index (κ1) is 22.2. The van der Waals surface area contributed by atoms with Gasteiger partial charge in [-0.1, -0.05) is 18.2 Å². The number of hydrogen-bond donors (Lipinski definition) is 1. The van der Waals surface area contributed by atoms with Crippen molar-refractivity contribution in [1.82, 2.24) is 24.9 Å². The zero-order valence-electron chi connectivity index (χ0n) is 16.8. The number of carbonyl (C=O) groups is 2. The van der Waals surface area contributed by atoms with E-state index in [0.29, 0.717) is 37.4 Å². The molecular formula is C21H27ClFN5O2. The predicted octanol–water partition coefficient (Wildman–Crippen LogP) is 1.90. The van der Waals surface area contributed by atoms with Gasteiger partial charge in [-0.05, 0) is 37.1 Å². The SMILES string of the molecule is Cl.O=C(Cc1ccccc1F)N1CCN(C(=O)c2ccn(C3CCCNC3)n2)CC1. The van der Waals surface area contributed by atoms with Gasteiger partial charge in [-0.3, -0.25) is 14.3 Å². The lowest BCUT2D eigenvalue weighted by atomic mass is 10.1. The third kappa shape index (κ3) is 4.99. The molecule has 0 saturated carbocycles. The van der Waals surface area contributed by atoms with Crippen LogP contribution in [0, 0.1) is 5.82 Å². The Hall–Kier alpha value is -2.45. The van der Waals surface area contributed by atoms with E-state index in [9.17, 15) is 14.0 Å². The second-order valence-electron chi connectivity index (χ2n) is 7.62. The highest BCUT2D eigenvalue weighted by Gasteiger charge is 2.27. The Labute approximate surface area is 181 Å². The van der Waals surface area contributed by atoms with Crippen molar-refractivity contribution in [3.63, 3.8) is 0 Å². The van der Waals surface area contributed by atoms with E-state index < -0.39 is 0 Å². The van der Waals surface area contributed by atoms with Crippen LogP contribution in [0.1, 0.15) is 34.9 Å². The minimum atomic E-state index is -0.363. The average molecular weight is 436 g/mol. The minimum absolute atomic E-state index is 0. The van der Waals surface area contributed by atoms with Gasteiger partial charge in [-0.15, -0.1) is 12.4 Å². The van der Waals surface area contributed by atoms with E-state index in [2.05, 4.69) is 10.4 Å². The summed E-state index contributed by atoms with van der Waals surface area (Å²) in [5.41, 5.74) is 0.848. The third-order valence-corrected chi connectivity index (χ3v) is 5.69. The molecule has 30 heavy (non-hydrogen) atoms. The van der Waals surface area contributed by atoms with Crippen LogP contribution in [0.3, 0.4) is 0 Å². The van der Waals surface area contributed by atoms with E-state index in [0.717, 1.165) is 25.9 Å². The summed E-state index contributed by atoms with van der Waals surface area (Å²) in [6.07, 6.45) is 4.08. The molecule has 162 valence electrons. The molecule has 0 bridgehead atoms. The van der Waals surface area contributed by atoms with Crippen molar-refractivity contribution in [1.29, 1.82) is 0 Å². The number of hydrogen-bond acceptors (Lipinski definition) is 4. The Balaban J connectivity index is 0.00000256. The average Bonchev–Trinajstić information content (AvgIpc) is 3.26. The minimum Gasteiger partial charge on any atom is -0.339 e. The van der Waals surface area contributed by atoms with Crippen LogP contribution in [0.25, 0.3) is 0 Å². The summed E-state index contributed by atoms with van der Waals surface area (Å²) in [6, 6.07) is 8.39. The van der Waals surface area contributed by atoms with Crippen molar-refractivity contribution in [3.05, 3.63) is 53.6 Å². The normalized spacial score (nSPS) is 19.3. The molecule has 9 heteroatoms. The number of benzene rings is 1. The van der Waals surface area contributed by atoms with Crippen molar-refractivity contribution in [2.75, 3.05) is 39.3 Å². The maximum Gasteiger partial charge on any atom is 0.274 e. The molecule has 1 N–H and O–H groups in total. The van der Waals surface area contributed by atoms with Gasteiger partial charge < -0.3 is 15.1 Å². The van der Waals surface area contributed by atoms with Crippen LogP contribution in [0.5, 0.6) is 0 Å². The van der Waals surface area contributed by atoms with Crippen LogP contribution in [-0.4, -0.2) is 70.7 Å². The number of rotatable bonds is 4. The molecule has 1 aromatic carbocycles. The topological polar surface area (TPSA) is 70.5 Å². The van der Waals surface area contributed by atoms with E-state index in [4.69, 9.17) is 0 Å². The summed E-state index contributed by atoms with van der Waals surface area (Å²) in [4.78, 5) is 28.7. The van der Waals surface area contributed by atoms with Crippen LogP contribution in [-0.2, 0) is 11.2 Å². The van der Waals surface area contributed by atoms with Gasteiger partial charge in [-0.25, -0.2) is 4.39 Å². The highest BCUT2D eigenvalue weighted by Crippen LogP contribution is 2.17. The summed E-state index contributed by atoms with van der Waals surface area (Å²) in [7, 11) is 0. The van der Waals surface area contributed by atoms with Gasteiger partial charge in [0.1, 0.15) is 11.5 Å². The predicted molar refractivity (Wildman–Crippen MR) is 113 cm³/mol. The molecule has 0 radical (unpaired) electrons. The zero-order chi connectivity index (χ0) is 20.2. The fourth-order valence-electron chi connectivity index (χ4n) is 3.95. The zero-order valence-corrected chi connectivity index (χ0v) is 17.6. The molecule has 2 amide bonds. The molecule has 2 aliphatic rings. The first-order valence-corrected chi connectivity index (χ1v) is 10.2. The van der Waals surface area contributed by atoms with Gasteiger partial charge in [0, 0.05) is 38.9 Å². The van der Waals surface area contributed by atoms with Crippen LogP contribution >= 0.6 is 12.4 Å². The third-order valence-electron chi connectivity index (χ3n) is 5.69. The maximum atomic E-state index is 13.8. The molecule has 7 nitrogen and oxygen atoms in total. The van der Waals surface area contributed by atoms with Crippen molar-refractivity contribution in [2.24, 2.45) is 0 Å². The smallest absolute Gasteiger partial charge is 0.274 e. The molecule has 1 unspecified atom stereocenters. The first-order chi connectivity index (χ1) is 14.1. The number of piperidine rings is 1. The molecule has 2 aromatic rings. The summed E-state index contributed by atoms with van der Waals surface area (Å²) < 4.78 is 15.7. The molecular weight excluding hydrogens is 409 g/mol. The summed E-state index contributed by atoms with van der Waals surface area (Å²) >= 11 is 0. The Morgan fingerprint density at radius 1 is 1.10 bits per heavy atom. The van der Waals surface area contributed by atoms with Crippen LogP contribution < -0.4 is 5.32 Å². The Bertz CT molecular complexity index is 876. The van der Waals surface area contributed by atoms with Gasteiger partial charge in [-0.2, -0.15) is 5.10 Å². The van der Waals surface area contributed by atoms with Crippen LogP contribution in [0.2, 0.25) is 0 Å². The van der Waals surface area contributed by atoms with E-state index in [1.165, 1.54) is 6.07 Å². The Kier molecular flexibility index (Phi) is 7.44. The molecule has 0 aliphatic carbocycles. The number of carbonyl (C=O) groups excluding carboxylic acids is 2. The molecule has 3 heterocycles. The molecule has 1 aromatic heterocycles. The molecule has 2 fully saturated rings. The van der Waals surface area contributed by atoms with Crippen LogP contribution in [0.4, 0.5) is 4.39 Å². The fourth-order valence-corrected chi connectivity index (χ4v) is 3.95. The van der Waals surface area contributed by atoms with Gasteiger partial charge in [0.15, 0.2) is 0 Å². The lowest BCUT2D eigenvalue weighted by molar-refractivity contribution is -0.132. The molecule has 1 atom stereocenters. The largest absolute Gasteiger partial charge is 0.339 e. The van der Waals surface area contributed by atoms with Gasteiger partial charge >= 0.3 is 0 Å². The fraction of sp³-hybridized carbons (Fsp3) is 0.476. The van der Waals surface area contributed by atoms with Crippen LogP contribution in [0.15, 0.2) is 36.5 Å². The van der Waals surface area contributed by atoms with Crippen molar-refractivity contribution in [3.8, 4) is 0 Å². The molecule has 0 spiro atoms. The Morgan fingerprint density at radius 2 is 1.83 bits per heavy atom. The summed E-state index contributed by atoms with van der Waals surface area (Å²) in [5, 5.41) is 7.85. The lowest BCUT2D eigenvalue weighted by Gasteiger charge is -2.34. The van der Waals surface area contributed by atoms with E-state index in [-0.39, 0.29) is 42.5 Å². The number of amides is 2. The lowest BCUT2D eigenvalue weighted by Crippen LogP contribution is -2.51. The standard InChI is InChI=1S/C21H26FN5O2.ClH/c22-18-6-2-1-4-16(18)14-20(28)25-10-12-26(13-11-25)21(29)19-7-9-27(24-19)17-5-3-8-23-15-17;/h1-2,4,6-7,9,17,23H,3,5,8,10-15H2;1H. The number of halogens is 2. The van der Waals surface area contributed by atoms with Crippen molar-refractivity contribution >= 4 is 24.2 Å². The van der Waals surface area contributed by atoms with E-state index in [1.807, 2.05) is 10.9 Å². The van der Waals surface area contributed by atoms with Gasteiger partial charge in [0.2, 0.25) is 5.91 Å². The van der Waals surface area contributed by atoms with Gasteiger partial charge in [0.25, 0.3) is 5.91 Å². The highest BCUT2D eigenvalue weighted by atomic mass is 35.5. The second kappa shape index (κ2) is 10.0. The quantitative estimate of drug-likeness (QED) is 0.796. The number of aromatic nitrogens is 2. The maximum absolute atomic E-state index is 13.8. The van der Waals surface area contributed by atoms with Gasteiger partial charge in [0.05, 0.1) is 12.5 Å². The van der Waals surface area contributed by atoms with Crippen molar-refractivity contribution in [2.45, 2.75) is 25.3 Å². The number of nitrogens with zero attached hydrogens (tertiary/aromatic N) is 4. The van der Waals surface area contributed by atoms with E-state index in [1.54, 1.807) is 34.1 Å².